The van der Waals surface area contributed by atoms with E-state index in [4.69, 9.17) is 5.26 Å². The summed E-state index contributed by atoms with van der Waals surface area (Å²) < 4.78 is 14.1. The Bertz CT molecular complexity index is 1160. The molecule has 1 aromatic carbocycles. The van der Waals surface area contributed by atoms with Gasteiger partial charge in [-0.15, -0.1) is 0 Å². The molecule has 0 bridgehead atoms. The molecule has 33 heavy (non-hydrogen) atoms. The van der Waals surface area contributed by atoms with E-state index >= 15 is 0 Å². The summed E-state index contributed by atoms with van der Waals surface area (Å²) in [5.74, 6) is -1.63. The first-order valence-corrected chi connectivity index (χ1v) is 10.9. The van der Waals surface area contributed by atoms with Gasteiger partial charge in [0.25, 0.3) is 11.8 Å². The van der Waals surface area contributed by atoms with E-state index in [0.717, 1.165) is 18.1 Å². The van der Waals surface area contributed by atoms with Crippen LogP contribution in [0.2, 0.25) is 0 Å². The number of aromatic nitrogens is 1. The van der Waals surface area contributed by atoms with Crippen LogP contribution in [-0.4, -0.2) is 65.0 Å². The smallest absolute Gasteiger partial charge is 0.261 e. The van der Waals surface area contributed by atoms with Gasteiger partial charge in [0.05, 0.1) is 11.1 Å². The third-order valence-corrected chi connectivity index (χ3v) is 6.29. The largest absolute Gasteiger partial charge is 0.336 e. The highest BCUT2D eigenvalue weighted by atomic mass is 19.1. The van der Waals surface area contributed by atoms with Crippen molar-refractivity contribution in [1.82, 2.24) is 14.8 Å². The molecule has 170 valence electrons. The van der Waals surface area contributed by atoms with Gasteiger partial charge in [-0.2, -0.15) is 15.4 Å². The lowest BCUT2D eigenvalue weighted by atomic mass is 9.93. The van der Waals surface area contributed by atoms with Gasteiger partial charge in [0.15, 0.2) is 5.82 Å². The molecule has 2 aliphatic rings. The van der Waals surface area contributed by atoms with Gasteiger partial charge in [-0.05, 0) is 55.8 Å². The van der Waals surface area contributed by atoms with Crippen molar-refractivity contribution >= 4 is 23.8 Å². The van der Waals surface area contributed by atoms with Gasteiger partial charge >= 0.3 is 0 Å². The molecule has 0 spiro atoms. The third-order valence-electron chi connectivity index (χ3n) is 6.29. The summed E-state index contributed by atoms with van der Waals surface area (Å²) in [6, 6.07) is 7.96. The molecule has 0 N–H and O–H groups in total. The number of halogens is 1. The van der Waals surface area contributed by atoms with Crippen molar-refractivity contribution in [2.45, 2.75) is 32.7 Å². The Morgan fingerprint density at radius 1 is 1.30 bits per heavy atom. The average molecular weight is 449 g/mol. The zero-order valence-electron chi connectivity index (χ0n) is 18.8. The minimum absolute atomic E-state index is 0.0667. The fraction of sp³-hybridized carbons (Fsp3) is 0.375. The predicted octanol–water partition coefficient (Wildman–Crippen LogP) is 2.68. The van der Waals surface area contributed by atoms with Gasteiger partial charge in [0.1, 0.15) is 17.8 Å². The van der Waals surface area contributed by atoms with Crippen LogP contribution in [0, 0.1) is 24.1 Å². The Balaban J connectivity index is 1.48. The second-order valence-electron chi connectivity index (χ2n) is 8.33. The Morgan fingerprint density at radius 3 is 2.73 bits per heavy atom. The van der Waals surface area contributed by atoms with E-state index in [1.165, 1.54) is 24.5 Å². The van der Waals surface area contributed by atoms with E-state index in [0.29, 0.717) is 35.8 Å². The Hall–Kier alpha value is -3.64. The van der Waals surface area contributed by atoms with Crippen LogP contribution in [-0.2, 0) is 4.79 Å². The Labute approximate surface area is 191 Å². The number of carbonyl (C=O) groups is 2. The van der Waals surface area contributed by atoms with E-state index < -0.39 is 11.7 Å². The van der Waals surface area contributed by atoms with Crippen LogP contribution in [0.25, 0.3) is 0 Å². The summed E-state index contributed by atoms with van der Waals surface area (Å²) in [6.07, 6.45) is 2.89. The number of carbonyl (C=O) groups excluding carboxylic acids is 2. The molecule has 0 saturated carbocycles. The van der Waals surface area contributed by atoms with Gasteiger partial charge in [-0.3, -0.25) is 14.5 Å². The van der Waals surface area contributed by atoms with Crippen LogP contribution < -0.4 is 5.01 Å². The molecule has 9 heteroatoms. The minimum Gasteiger partial charge on any atom is -0.336 e. The van der Waals surface area contributed by atoms with E-state index in [1.54, 1.807) is 25.1 Å². The lowest BCUT2D eigenvalue weighted by molar-refractivity contribution is -0.118. The molecular weight excluding hydrogens is 423 g/mol. The van der Waals surface area contributed by atoms with Crippen molar-refractivity contribution in [2.24, 2.45) is 5.10 Å². The topological polar surface area (TPSA) is 92.9 Å². The summed E-state index contributed by atoms with van der Waals surface area (Å²) in [4.78, 5) is 34.3. The maximum Gasteiger partial charge on any atom is 0.261 e. The molecule has 2 unspecified atom stereocenters. The zero-order valence-corrected chi connectivity index (χ0v) is 18.8. The van der Waals surface area contributed by atoms with Gasteiger partial charge < -0.3 is 4.90 Å². The molecule has 3 heterocycles. The number of likely N-dealkylation sites (N-methyl/N-ethyl adjacent to an activating group) is 1. The highest BCUT2D eigenvalue weighted by Gasteiger charge is 2.33. The van der Waals surface area contributed by atoms with E-state index in [9.17, 15) is 14.0 Å². The molecule has 8 nitrogen and oxygen atoms in total. The van der Waals surface area contributed by atoms with Crippen molar-refractivity contribution in [3.05, 3.63) is 58.5 Å². The van der Waals surface area contributed by atoms with E-state index in [-0.39, 0.29) is 23.2 Å². The number of amides is 2. The molecule has 1 saturated heterocycles. The van der Waals surface area contributed by atoms with Crippen molar-refractivity contribution in [3.8, 4) is 6.07 Å². The third kappa shape index (κ3) is 4.22. The maximum absolute atomic E-state index is 14.1. The Kier molecular flexibility index (Phi) is 6.20. The highest BCUT2D eigenvalue weighted by molar-refractivity contribution is 6.12. The number of nitriles is 1. The summed E-state index contributed by atoms with van der Waals surface area (Å²) >= 11 is 0. The first-order chi connectivity index (χ1) is 15.8. The number of pyridine rings is 1. The predicted molar refractivity (Wildman–Crippen MR) is 121 cm³/mol. The molecule has 0 aliphatic carbocycles. The van der Waals surface area contributed by atoms with Gasteiger partial charge in [0, 0.05) is 38.1 Å². The lowest BCUT2D eigenvalue weighted by Crippen LogP contribution is -2.53. The van der Waals surface area contributed by atoms with Crippen LogP contribution in [0.3, 0.4) is 0 Å². The summed E-state index contributed by atoms with van der Waals surface area (Å²) in [5, 5.41) is 14.3. The average Bonchev–Trinajstić information content (AvgIpc) is 3.20. The second kappa shape index (κ2) is 9.08. The SMILES string of the molecule is CCN1CCN(C(=O)c2ccc(N3N=CC(c4cc(F)c(C#N)cc4C)C3=O)nc2)CC1C. The molecule has 2 aliphatic heterocycles. The van der Waals surface area contributed by atoms with Crippen LogP contribution in [0.4, 0.5) is 10.2 Å². The van der Waals surface area contributed by atoms with Crippen molar-refractivity contribution in [3.63, 3.8) is 0 Å². The lowest BCUT2D eigenvalue weighted by Gasteiger charge is -2.39. The number of benzene rings is 1. The summed E-state index contributed by atoms with van der Waals surface area (Å²) in [6.45, 7) is 9.06. The molecule has 1 aromatic heterocycles. The van der Waals surface area contributed by atoms with Crippen LogP contribution in [0.1, 0.15) is 46.8 Å². The summed E-state index contributed by atoms with van der Waals surface area (Å²) in [5.41, 5.74) is 1.47. The highest BCUT2D eigenvalue weighted by Crippen LogP contribution is 2.29. The molecule has 2 atom stereocenters. The first kappa shape index (κ1) is 22.6. The van der Waals surface area contributed by atoms with Gasteiger partial charge in [-0.25, -0.2) is 9.37 Å². The standard InChI is InChI=1S/C24H25FN6O2/c1-4-29-7-8-30(14-16(29)3)23(32)17-5-6-22(27-12-17)31-24(33)20(13-28-31)19-10-21(25)18(11-26)9-15(19)2/h5-6,9-10,12-13,16,20H,4,7-8,14H2,1-3H3. The van der Waals surface area contributed by atoms with Gasteiger partial charge in [0.2, 0.25) is 0 Å². The number of nitrogens with zero attached hydrogens (tertiary/aromatic N) is 6. The number of hydrogen-bond donors (Lipinski definition) is 0. The fourth-order valence-electron chi connectivity index (χ4n) is 4.36. The number of rotatable bonds is 4. The van der Waals surface area contributed by atoms with E-state index in [1.807, 2.05) is 4.90 Å². The van der Waals surface area contributed by atoms with Gasteiger partial charge in [-0.1, -0.05) is 6.92 Å². The normalized spacial score (nSPS) is 20.9. The zero-order chi connectivity index (χ0) is 23.7. The summed E-state index contributed by atoms with van der Waals surface area (Å²) in [7, 11) is 0. The molecule has 1 fully saturated rings. The monoisotopic (exact) mass is 448 g/mol. The molecule has 0 radical (unpaired) electrons. The van der Waals surface area contributed by atoms with Crippen LogP contribution >= 0.6 is 0 Å². The number of anilines is 1. The van der Waals surface area contributed by atoms with E-state index in [2.05, 4.69) is 28.8 Å². The van der Waals surface area contributed by atoms with Crippen molar-refractivity contribution in [2.75, 3.05) is 31.2 Å². The minimum atomic E-state index is -0.772. The molecular formula is C24H25FN6O2. The number of aryl methyl sites for hydroxylation is 1. The second-order valence-corrected chi connectivity index (χ2v) is 8.33. The number of hydrazone groups is 1. The van der Waals surface area contributed by atoms with Crippen molar-refractivity contribution in [1.29, 1.82) is 5.26 Å². The quantitative estimate of drug-likeness (QED) is 0.717. The molecule has 4 rings (SSSR count). The number of hydrogen-bond acceptors (Lipinski definition) is 6. The van der Waals surface area contributed by atoms with Crippen LogP contribution in [0.5, 0.6) is 0 Å². The maximum atomic E-state index is 14.1. The molecule has 2 amide bonds. The number of piperazine rings is 1. The van der Waals surface area contributed by atoms with Crippen LogP contribution in [0.15, 0.2) is 35.6 Å². The first-order valence-electron chi connectivity index (χ1n) is 10.9. The molecule has 2 aromatic rings. The van der Waals surface area contributed by atoms with Crippen molar-refractivity contribution < 1.29 is 14.0 Å². The Morgan fingerprint density at radius 2 is 2.09 bits per heavy atom. The fourth-order valence-corrected chi connectivity index (χ4v) is 4.36.